The third-order valence-electron chi connectivity index (χ3n) is 5.18. The van der Waals surface area contributed by atoms with E-state index >= 15 is 0 Å². The van der Waals surface area contributed by atoms with Gasteiger partial charge in [-0.3, -0.25) is 9.48 Å². The lowest BCUT2D eigenvalue weighted by Gasteiger charge is -2.13. The number of amides is 1. The van der Waals surface area contributed by atoms with Crippen molar-refractivity contribution in [1.82, 2.24) is 24.2 Å². The molecular formula is C24H37ClN6O3. The number of aldehydes is 1. The fraction of sp³-hybridized carbons (Fsp3) is 0.500. The van der Waals surface area contributed by atoms with Gasteiger partial charge in [-0.15, -0.1) is 5.10 Å². The summed E-state index contributed by atoms with van der Waals surface area (Å²) in [4.78, 5) is 27.4. The Hall–Kier alpha value is -3.07. The monoisotopic (exact) mass is 492 g/mol. The molecule has 188 valence electrons. The molecule has 2 aromatic rings. The van der Waals surface area contributed by atoms with Crippen molar-refractivity contribution in [1.29, 1.82) is 0 Å². The van der Waals surface area contributed by atoms with Crippen molar-refractivity contribution in [2.75, 3.05) is 25.5 Å². The van der Waals surface area contributed by atoms with Gasteiger partial charge in [0.2, 0.25) is 5.91 Å². The first-order valence-electron chi connectivity index (χ1n) is 11.4. The first-order chi connectivity index (χ1) is 16.3. The molecule has 1 unspecified atom stereocenters. The minimum Gasteiger partial charge on any atom is -0.478 e. The Balaban J connectivity index is 0.000000337. The zero-order chi connectivity index (χ0) is 25.7. The standard InChI is InChI=1S/C12H16ClN5O.C10H15NO2.C2H6/c1-5-8(11-14-6-10(13)18(11)3)15-9-7-17(2)16-12(9)19-4;1-2-10(13)11-6-5-9(8-11)4-3-7-12;1-2/h5-7,15H,1-4H3;2,7,9H,1,3-6,8H2;1-2H3/b8-5+;;. The molecule has 0 bridgehead atoms. The van der Waals surface area contributed by atoms with E-state index in [0.717, 1.165) is 49.4 Å². The highest BCUT2D eigenvalue weighted by molar-refractivity contribution is 6.29. The number of hydrogen-bond acceptors (Lipinski definition) is 6. The highest BCUT2D eigenvalue weighted by Gasteiger charge is 2.24. The minimum absolute atomic E-state index is 0.00797. The fourth-order valence-corrected chi connectivity index (χ4v) is 3.58. The molecule has 0 aliphatic carbocycles. The lowest BCUT2D eigenvalue weighted by atomic mass is 10.0. The van der Waals surface area contributed by atoms with Crippen LogP contribution >= 0.6 is 11.6 Å². The van der Waals surface area contributed by atoms with Crippen molar-refractivity contribution >= 4 is 35.2 Å². The second-order valence-corrected chi connectivity index (χ2v) is 7.79. The van der Waals surface area contributed by atoms with Gasteiger partial charge in [-0.2, -0.15) is 0 Å². The normalized spacial score (nSPS) is 15.0. The summed E-state index contributed by atoms with van der Waals surface area (Å²) >= 11 is 6.00. The third kappa shape index (κ3) is 8.06. The minimum atomic E-state index is 0.00797. The molecule has 9 nitrogen and oxygen atoms in total. The molecule has 34 heavy (non-hydrogen) atoms. The van der Waals surface area contributed by atoms with E-state index in [4.69, 9.17) is 16.3 Å². The molecule has 3 rings (SSSR count). The van der Waals surface area contributed by atoms with Crippen LogP contribution in [0.15, 0.2) is 31.1 Å². The molecule has 1 aliphatic rings. The Morgan fingerprint density at radius 1 is 1.38 bits per heavy atom. The predicted molar refractivity (Wildman–Crippen MR) is 137 cm³/mol. The van der Waals surface area contributed by atoms with Crippen LogP contribution in [0.5, 0.6) is 5.88 Å². The first kappa shape index (κ1) is 29.0. The number of allylic oxidation sites excluding steroid dienone is 1. The number of nitrogens with one attached hydrogen (secondary N) is 1. The van der Waals surface area contributed by atoms with E-state index in [0.29, 0.717) is 23.4 Å². The maximum atomic E-state index is 11.2. The van der Waals surface area contributed by atoms with E-state index in [-0.39, 0.29) is 5.91 Å². The molecule has 3 heterocycles. The summed E-state index contributed by atoms with van der Waals surface area (Å²) in [6.45, 7) is 11.0. The van der Waals surface area contributed by atoms with Crippen LogP contribution in [0.25, 0.3) is 5.70 Å². The van der Waals surface area contributed by atoms with Crippen LogP contribution in [0.3, 0.4) is 0 Å². The average molecular weight is 493 g/mol. The Bertz CT molecular complexity index is 966. The topological polar surface area (TPSA) is 94.3 Å². The molecule has 1 fully saturated rings. The highest BCUT2D eigenvalue weighted by Crippen LogP contribution is 2.26. The summed E-state index contributed by atoms with van der Waals surface area (Å²) in [6, 6.07) is 0. The van der Waals surface area contributed by atoms with Gasteiger partial charge >= 0.3 is 0 Å². The number of ether oxygens (including phenoxy) is 1. The smallest absolute Gasteiger partial charge is 0.256 e. The van der Waals surface area contributed by atoms with Gasteiger partial charge in [0.15, 0.2) is 5.82 Å². The van der Waals surface area contributed by atoms with Gasteiger partial charge < -0.3 is 24.3 Å². The van der Waals surface area contributed by atoms with Gasteiger partial charge in [0.1, 0.15) is 17.1 Å². The average Bonchev–Trinajstić information content (AvgIpc) is 3.56. The number of likely N-dealkylation sites (tertiary alicyclic amines) is 1. The van der Waals surface area contributed by atoms with Crippen molar-refractivity contribution in [2.24, 2.45) is 20.0 Å². The lowest BCUT2D eigenvalue weighted by molar-refractivity contribution is -0.125. The first-order valence-corrected chi connectivity index (χ1v) is 11.8. The molecule has 1 saturated heterocycles. The summed E-state index contributed by atoms with van der Waals surface area (Å²) in [7, 11) is 5.28. The number of halogens is 1. The van der Waals surface area contributed by atoms with Crippen LogP contribution in [0.2, 0.25) is 5.15 Å². The molecular weight excluding hydrogens is 456 g/mol. The van der Waals surface area contributed by atoms with Gasteiger partial charge in [-0.05, 0) is 31.8 Å². The molecule has 1 amide bonds. The van der Waals surface area contributed by atoms with Crippen molar-refractivity contribution in [3.8, 4) is 5.88 Å². The number of imidazole rings is 1. The van der Waals surface area contributed by atoms with Crippen molar-refractivity contribution in [2.45, 2.75) is 40.0 Å². The number of carbonyl (C=O) groups is 2. The summed E-state index contributed by atoms with van der Waals surface area (Å²) in [5, 5.41) is 8.02. The van der Waals surface area contributed by atoms with Crippen LogP contribution < -0.4 is 10.1 Å². The molecule has 10 heteroatoms. The van der Waals surface area contributed by atoms with Crippen LogP contribution in [-0.4, -0.2) is 56.6 Å². The number of aryl methyl sites for hydroxylation is 1. The van der Waals surface area contributed by atoms with E-state index in [2.05, 4.69) is 22.0 Å². The Kier molecular flexibility index (Phi) is 12.7. The molecule has 0 radical (unpaired) electrons. The number of hydrogen-bond donors (Lipinski definition) is 1. The predicted octanol–water partition coefficient (Wildman–Crippen LogP) is 4.31. The maximum Gasteiger partial charge on any atom is 0.256 e. The van der Waals surface area contributed by atoms with Gasteiger partial charge in [0.05, 0.1) is 25.2 Å². The third-order valence-corrected chi connectivity index (χ3v) is 5.53. The molecule has 0 aromatic carbocycles. The SMILES string of the molecule is C/C=C(/Nc1cn(C)nc1OC)c1ncc(Cl)n1C.C=CC(=O)N1CCC(CCC=O)C1.CC. The van der Waals surface area contributed by atoms with E-state index < -0.39 is 0 Å². The number of rotatable bonds is 8. The number of methoxy groups -OCH3 is 1. The summed E-state index contributed by atoms with van der Waals surface area (Å²) in [5.74, 6) is 1.79. The molecule has 1 atom stereocenters. The number of aromatic nitrogens is 4. The Labute approximate surface area is 207 Å². The van der Waals surface area contributed by atoms with Crippen LogP contribution in [-0.2, 0) is 23.7 Å². The van der Waals surface area contributed by atoms with E-state index in [1.54, 1.807) is 27.5 Å². The Morgan fingerprint density at radius 2 is 2.09 bits per heavy atom. The fourth-order valence-electron chi connectivity index (χ4n) is 3.45. The largest absolute Gasteiger partial charge is 0.478 e. The molecule has 2 aromatic heterocycles. The lowest BCUT2D eigenvalue weighted by Crippen LogP contribution is -2.26. The zero-order valence-electron chi connectivity index (χ0n) is 21.0. The molecule has 1 N–H and O–H groups in total. The number of nitrogens with zero attached hydrogens (tertiary/aromatic N) is 5. The van der Waals surface area contributed by atoms with Crippen molar-refractivity contribution in [3.05, 3.63) is 42.1 Å². The molecule has 0 spiro atoms. The number of anilines is 1. The van der Waals surface area contributed by atoms with E-state index in [1.807, 2.05) is 47.1 Å². The summed E-state index contributed by atoms with van der Waals surface area (Å²) < 4.78 is 8.69. The zero-order valence-corrected chi connectivity index (χ0v) is 21.8. The van der Waals surface area contributed by atoms with Crippen molar-refractivity contribution in [3.63, 3.8) is 0 Å². The second kappa shape index (κ2) is 15.0. The van der Waals surface area contributed by atoms with Crippen LogP contribution in [0, 0.1) is 5.92 Å². The molecule has 0 saturated carbocycles. The summed E-state index contributed by atoms with van der Waals surface area (Å²) in [6.07, 6.45) is 10.2. The number of carbonyl (C=O) groups excluding carboxylic acids is 2. The van der Waals surface area contributed by atoms with E-state index in [9.17, 15) is 9.59 Å². The molecule has 1 aliphatic heterocycles. The van der Waals surface area contributed by atoms with Crippen LogP contribution in [0.4, 0.5) is 5.69 Å². The van der Waals surface area contributed by atoms with Gasteiger partial charge in [-0.1, -0.05) is 38.1 Å². The van der Waals surface area contributed by atoms with Crippen LogP contribution in [0.1, 0.15) is 45.9 Å². The van der Waals surface area contributed by atoms with Gasteiger partial charge in [-0.25, -0.2) is 4.98 Å². The van der Waals surface area contributed by atoms with Gasteiger partial charge in [0, 0.05) is 33.6 Å². The van der Waals surface area contributed by atoms with E-state index in [1.165, 1.54) is 6.08 Å². The second-order valence-electron chi connectivity index (χ2n) is 7.40. The Morgan fingerprint density at radius 3 is 2.62 bits per heavy atom. The van der Waals surface area contributed by atoms with Gasteiger partial charge in [0.25, 0.3) is 5.88 Å². The quantitative estimate of drug-likeness (QED) is 0.435. The highest BCUT2D eigenvalue weighted by atomic mass is 35.5. The summed E-state index contributed by atoms with van der Waals surface area (Å²) in [5.41, 5.74) is 1.61. The maximum absolute atomic E-state index is 11.2. The van der Waals surface area contributed by atoms with Crippen molar-refractivity contribution < 1.29 is 14.3 Å².